The van der Waals surface area contributed by atoms with E-state index >= 15 is 0 Å². The molecule has 3 unspecified atom stereocenters. The van der Waals surface area contributed by atoms with Gasteiger partial charge in [-0.05, 0) is 80.8 Å². The van der Waals surface area contributed by atoms with Gasteiger partial charge in [-0.15, -0.1) is 0 Å². The van der Waals surface area contributed by atoms with Gasteiger partial charge in [-0.1, -0.05) is 142 Å². The fraction of sp³-hybridized carbons (Fsp3) is 0.338. The first kappa shape index (κ1) is 67.8. The van der Waals surface area contributed by atoms with Crippen LogP contribution in [0.2, 0.25) is 0 Å². The van der Waals surface area contributed by atoms with Crippen LogP contribution in [0.15, 0.2) is 159 Å². The summed E-state index contributed by atoms with van der Waals surface area (Å²) in [4.78, 5) is 0. The number of fused-ring (bicyclic) bond motifs is 9. The van der Waals surface area contributed by atoms with Crippen LogP contribution in [0.4, 0.5) is 39.5 Å². The number of halogens is 9. The first-order valence-electron chi connectivity index (χ1n) is 29.3. The molecule has 0 aliphatic heterocycles. The van der Waals surface area contributed by atoms with E-state index in [1.165, 1.54) is 112 Å². The average Bonchev–Trinajstić information content (AvgIpc) is 1.57. The Hall–Kier alpha value is -8.08. The summed E-state index contributed by atoms with van der Waals surface area (Å²) in [7, 11) is 0. The molecule has 0 radical (unpaired) electrons. The van der Waals surface area contributed by atoms with Crippen molar-refractivity contribution < 1.29 is 90.6 Å². The van der Waals surface area contributed by atoms with Crippen LogP contribution in [0.3, 0.4) is 0 Å². The number of alkyl halides is 9. The van der Waals surface area contributed by atoms with Crippen molar-refractivity contribution in [2.45, 2.75) is 93.0 Å². The Morgan fingerprint density at radius 3 is 1.18 bits per heavy atom. The van der Waals surface area contributed by atoms with E-state index < -0.39 is 72.3 Å². The van der Waals surface area contributed by atoms with Crippen LogP contribution in [0.1, 0.15) is 79.1 Å². The van der Waals surface area contributed by atoms with Gasteiger partial charge in [-0.2, -0.15) is 54.8 Å². The molecule has 492 valence electrons. The Balaban J connectivity index is 0.000000153. The van der Waals surface area contributed by atoms with E-state index in [1.54, 1.807) is 61.8 Å². The Morgan fingerprint density at radius 1 is 0.409 bits per heavy atom. The molecule has 3 heterocycles. The Bertz CT molecular complexity index is 4190. The third-order valence-electron chi connectivity index (χ3n) is 17.7. The van der Waals surface area contributed by atoms with Crippen molar-refractivity contribution in [3.63, 3.8) is 0 Å². The summed E-state index contributed by atoms with van der Waals surface area (Å²) >= 11 is 0. The van der Waals surface area contributed by atoms with Gasteiger partial charge in [-0.3, -0.25) is 14.0 Å². The van der Waals surface area contributed by atoms with Crippen LogP contribution in [-0.4, -0.2) is 145 Å². The molecule has 0 saturated carbocycles. The van der Waals surface area contributed by atoms with Crippen molar-refractivity contribution in [1.82, 2.24) is 29.3 Å². The average molecular weight is 1300 g/mol. The standard InChI is InChI=1S/C26H29F3N2O3.C21H19F3N2O4.C21H19F3N2O3/c1-24(2,3)9-8-16-10-20(17-12-30-31(13-17)18(14-32)15-33)23-19-6-4-5-7-21(19)25(34,22(23)11-16)26(27,28)29;22-21(23,24)20(30)16-6-2-1-4-15(16)18-14(5-3-7-17(18)20)13-8-25-26(9-13)19(10-27,11-28)12-29;1-19(11-27,12-28)26-10-13(9-25-26)14-6-4-8-17-18(14)15-5-2-3-7-16(15)20(17,29)21(22,23)24/h4-7,10-13,18,32-34H,8-9,14-15H2,1-3H3;1-9,27-30H,10-12H2;2-10,27-29H,11-12H2,1H3. The molecule has 6 aromatic carbocycles. The molecule has 9 aromatic rings. The number of aliphatic hydroxyl groups is 10. The number of aryl methyl sites for hydroxylation is 1. The van der Waals surface area contributed by atoms with Crippen LogP contribution < -0.4 is 0 Å². The summed E-state index contributed by atoms with van der Waals surface area (Å²) in [6.45, 7) is 4.63. The van der Waals surface area contributed by atoms with Gasteiger partial charge in [0, 0.05) is 68.7 Å². The molecule has 0 fully saturated rings. The van der Waals surface area contributed by atoms with Gasteiger partial charge >= 0.3 is 18.5 Å². The number of benzene rings is 6. The highest BCUT2D eigenvalue weighted by Crippen LogP contribution is 2.60. The monoisotopic (exact) mass is 1300 g/mol. The zero-order chi connectivity index (χ0) is 67.6. The fourth-order valence-electron chi connectivity index (χ4n) is 12.3. The molecule has 0 spiro atoms. The summed E-state index contributed by atoms with van der Waals surface area (Å²) in [5.74, 6) is 0. The van der Waals surface area contributed by atoms with Crippen LogP contribution in [-0.2, 0) is 34.3 Å². The Labute approximate surface area is 527 Å². The van der Waals surface area contributed by atoms with Gasteiger partial charge in [0.2, 0.25) is 16.8 Å². The number of nitrogens with zero attached hydrogens (tertiary/aromatic N) is 6. The van der Waals surface area contributed by atoms with Gasteiger partial charge < -0.3 is 51.1 Å². The van der Waals surface area contributed by atoms with Crippen molar-refractivity contribution >= 4 is 0 Å². The molecule has 16 nitrogen and oxygen atoms in total. The van der Waals surface area contributed by atoms with Crippen molar-refractivity contribution in [2.24, 2.45) is 5.41 Å². The highest BCUT2D eigenvalue weighted by Gasteiger charge is 2.63. The molecule has 0 amide bonds. The minimum Gasteiger partial charge on any atom is -0.394 e. The predicted octanol–water partition coefficient (Wildman–Crippen LogP) is 9.86. The minimum atomic E-state index is -4.93. The molecule has 93 heavy (non-hydrogen) atoms. The molecule has 12 rings (SSSR count). The highest BCUT2D eigenvalue weighted by molar-refractivity contribution is 5.95. The van der Waals surface area contributed by atoms with Gasteiger partial charge in [-0.25, -0.2) is 0 Å². The van der Waals surface area contributed by atoms with E-state index in [0.29, 0.717) is 62.1 Å². The summed E-state index contributed by atoms with van der Waals surface area (Å²) in [6, 6.07) is 29.1. The van der Waals surface area contributed by atoms with Crippen LogP contribution in [0.5, 0.6) is 0 Å². The molecular formula is C68H67F9N6O10. The van der Waals surface area contributed by atoms with Crippen molar-refractivity contribution in [3.05, 3.63) is 197 Å². The van der Waals surface area contributed by atoms with Gasteiger partial charge in [0.05, 0.1) is 70.9 Å². The number of aromatic nitrogens is 6. The Morgan fingerprint density at radius 2 is 0.774 bits per heavy atom. The van der Waals surface area contributed by atoms with E-state index in [4.69, 9.17) is 0 Å². The minimum absolute atomic E-state index is 0.0250. The largest absolute Gasteiger partial charge is 0.425 e. The van der Waals surface area contributed by atoms with Crippen LogP contribution >= 0.6 is 0 Å². The van der Waals surface area contributed by atoms with Gasteiger partial charge in [0.15, 0.2) is 0 Å². The van der Waals surface area contributed by atoms with Crippen LogP contribution in [0.25, 0.3) is 66.8 Å². The second-order valence-corrected chi connectivity index (χ2v) is 24.9. The zero-order valence-electron chi connectivity index (χ0n) is 50.5. The molecule has 3 aliphatic carbocycles. The lowest BCUT2D eigenvalue weighted by Gasteiger charge is -2.29. The maximum Gasteiger partial charge on any atom is 0.425 e. The number of hydrogen-bond acceptors (Lipinski definition) is 13. The lowest BCUT2D eigenvalue weighted by Crippen LogP contribution is -2.45. The maximum atomic E-state index is 14.4. The topological polar surface area (TPSA) is 256 Å². The molecule has 0 bridgehead atoms. The maximum absolute atomic E-state index is 14.4. The van der Waals surface area contributed by atoms with E-state index in [-0.39, 0.29) is 81.9 Å². The summed E-state index contributed by atoms with van der Waals surface area (Å²) in [5, 5.41) is 112. The smallest absolute Gasteiger partial charge is 0.394 e. The number of rotatable bonds is 15. The number of hydrogen-bond donors (Lipinski definition) is 10. The number of aliphatic hydroxyl groups excluding tert-OH is 7. The SMILES string of the molecule is CC(C)(C)CCc1cc(-c2cnn(C(CO)CO)c2)c2c(c1)C(O)(C(F)(F)F)c1ccccc1-2.CC(CO)(CO)n1cc(-c2cccc3c2-c2ccccc2C3(O)C(F)(F)F)cn1.OCC(CO)(CO)n1cc(-c2cccc3c2-c2ccccc2C3(O)C(F)(F)F)cn1. The van der Waals surface area contributed by atoms with E-state index in [0.717, 1.165) is 6.42 Å². The summed E-state index contributed by atoms with van der Waals surface area (Å²) in [5.41, 5.74) is -7.98. The quantitative estimate of drug-likeness (QED) is 0.0430. The third kappa shape index (κ3) is 11.2. The molecule has 3 aliphatic rings. The third-order valence-corrected chi connectivity index (χ3v) is 17.7. The van der Waals surface area contributed by atoms with Crippen molar-refractivity contribution in [2.75, 3.05) is 46.2 Å². The first-order valence-corrected chi connectivity index (χ1v) is 29.3. The molecule has 3 atom stereocenters. The zero-order valence-corrected chi connectivity index (χ0v) is 50.5. The lowest BCUT2D eigenvalue weighted by molar-refractivity contribution is -0.247. The molecule has 0 saturated heterocycles. The second-order valence-electron chi connectivity index (χ2n) is 24.9. The van der Waals surface area contributed by atoms with Gasteiger partial charge in [0.1, 0.15) is 11.1 Å². The molecule has 25 heteroatoms. The second kappa shape index (κ2) is 24.7. The summed E-state index contributed by atoms with van der Waals surface area (Å²) in [6.07, 6.45) is -4.51. The fourth-order valence-corrected chi connectivity index (χ4v) is 12.3. The van der Waals surface area contributed by atoms with Crippen LogP contribution in [0, 0.1) is 5.41 Å². The van der Waals surface area contributed by atoms with E-state index in [9.17, 15) is 90.6 Å². The van der Waals surface area contributed by atoms with Crippen molar-refractivity contribution in [1.29, 1.82) is 0 Å². The first-order chi connectivity index (χ1) is 43.8. The van der Waals surface area contributed by atoms with Crippen molar-refractivity contribution in [3.8, 4) is 66.8 Å². The van der Waals surface area contributed by atoms with Gasteiger partial charge in [0.25, 0.3) is 0 Å². The highest BCUT2D eigenvalue weighted by atomic mass is 19.4. The lowest BCUT2D eigenvalue weighted by atomic mass is 9.84. The molecule has 10 N–H and O–H groups in total. The molecule has 3 aromatic heterocycles. The molecular weight excluding hydrogens is 1230 g/mol. The predicted molar refractivity (Wildman–Crippen MR) is 324 cm³/mol. The normalized spacial score (nSPS) is 18.2. The summed E-state index contributed by atoms with van der Waals surface area (Å²) < 4.78 is 131. The Kier molecular flexibility index (Phi) is 18.0. The van der Waals surface area contributed by atoms with E-state index in [1.807, 2.05) is 6.07 Å². The van der Waals surface area contributed by atoms with E-state index in [2.05, 4.69) is 36.1 Å².